The summed E-state index contributed by atoms with van der Waals surface area (Å²) in [4.78, 5) is 20.5. The Labute approximate surface area is 124 Å². The first kappa shape index (κ1) is 12.8. The summed E-state index contributed by atoms with van der Waals surface area (Å²) in [5, 5.41) is 0.594. The second kappa shape index (κ2) is 5.02. The zero-order valence-corrected chi connectivity index (χ0v) is 12.3. The zero-order chi connectivity index (χ0) is 13.4. The monoisotopic (exact) mass is 336 g/mol. The van der Waals surface area contributed by atoms with E-state index in [1.165, 1.54) is 0 Å². The van der Waals surface area contributed by atoms with E-state index in [1.807, 2.05) is 18.2 Å². The average Bonchev–Trinajstić information content (AvgIpc) is 2.38. The molecule has 5 heteroatoms. The van der Waals surface area contributed by atoms with Crippen molar-refractivity contribution in [3.05, 3.63) is 45.1 Å². The fourth-order valence-corrected chi connectivity index (χ4v) is 2.95. The van der Waals surface area contributed by atoms with Crippen molar-refractivity contribution in [1.82, 2.24) is 9.97 Å². The number of Topliss-reactive ketones (excluding diaryl/α,β-unsaturated/α-hetero) is 1. The minimum Gasteiger partial charge on any atom is -0.294 e. The molecule has 0 fully saturated rings. The number of carbonyl (C=O) groups is 1. The van der Waals surface area contributed by atoms with Crippen LogP contribution in [0.15, 0.2) is 28.9 Å². The first-order valence-electron chi connectivity index (χ1n) is 5.99. The number of carbonyl (C=O) groups excluding carboxylic acids is 1. The van der Waals surface area contributed by atoms with E-state index >= 15 is 0 Å². The molecule has 0 saturated carbocycles. The average molecular weight is 338 g/mol. The van der Waals surface area contributed by atoms with Crippen LogP contribution in [0.2, 0.25) is 5.02 Å². The molecular weight excluding hydrogens is 328 g/mol. The lowest BCUT2D eigenvalue weighted by Gasteiger charge is -2.14. The molecule has 0 saturated heterocycles. The lowest BCUT2D eigenvalue weighted by atomic mass is 9.96. The van der Waals surface area contributed by atoms with E-state index in [1.54, 1.807) is 6.20 Å². The Balaban J connectivity index is 2.09. The van der Waals surface area contributed by atoms with E-state index < -0.39 is 0 Å². The summed E-state index contributed by atoms with van der Waals surface area (Å²) in [7, 11) is 0. The molecule has 1 aromatic heterocycles. The summed E-state index contributed by atoms with van der Waals surface area (Å²) >= 11 is 9.57. The van der Waals surface area contributed by atoms with E-state index in [0.29, 0.717) is 22.8 Å². The fraction of sp³-hybridized carbons (Fsp3) is 0.214. The van der Waals surface area contributed by atoms with E-state index in [9.17, 15) is 4.79 Å². The predicted octanol–water partition coefficient (Wildman–Crippen LogP) is 4.08. The molecule has 0 atom stereocenters. The van der Waals surface area contributed by atoms with Crippen LogP contribution in [0.4, 0.5) is 0 Å². The number of hydrogen-bond donors (Lipinski definition) is 0. The Morgan fingerprint density at radius 1 is 1.21 bits per heavy atom. The molecule has 0 bridgehead atoms. The number of fused-ring (bicyclic) bond motifs is 1. The lowest BCUT2D eigenvalue weighted by molar-refractivity contribution is 0.0971. The summed E-state index contributed by atoms with van der Waals surface area (Å²) in [6.45, 7) is 0. The summed E-state index contributed by atoms with van der Waals surface area (Å²) in [6.07, 6.45) is 3.90. The first-order chi connectivity index (χ1) is 9.15. The van der Waals surface area contributed by atoms with E-state index in [4.69, 9.17) is 11.6 Å². The number of aromatic nitrogens is 2. The topological polar surface area (TPSA) is 42.9 Å². The summed E-state index contributed by atoms with van der Waals surface area (Å²) in [5.74, 6) is 0.709. The third kappa shape index (κ3) is 2.42. The van der Waals surface area contributed by atoms with Crippen molar-refractivity contribution in [2.75, 3.05) is 0 Å². The molecule has 96 valence electrons. The van der Waals surface area contributed by atoms with Gasteiger partial charge in [0.2, 0.25) is 0 Å². The molecule has 3 rings (SSSR count). The molecule has 1 aromatic carbocycles. The Morgan fingerprint density at radius 2 is 2.05 bits per heavy atom. The van der Waals surface area contributed by atoms with Crippen LogP contribution < -0.4 is 0 Å². The highest BCUT2D eigenvalue weighted by Crippen LogP contribution is 2.29. The summed E-state index contributed by atoms with van der Waals surface area (Å²) in [5.41, 5.74) is 2.27. The van der Waals surface area contributed by atoms with Crippen LogP contribution >= 0.6 is 27.5 Å². The molecule has 1 heterocycles. The Bertz CT molecular complexity index is 672. The molecule has 0 spiro atoms. The normalized spacial score (nSPS) is 14.3. The SMILES string of the molecule is O=C1CCCc2nc(-c3ccc(Br)cc3Cl)ncc21. The van der Waals surface area contributed by atoms with Gasteiger partial charge in [0.1, 0.15) is 0 Å². The number of hydrogen-bond acceptors (Lipinski definition) is 3. The van der Waals surface area contributed by atoms with Gasteiger partial charge in [-0.2, -0.15) is 0 Å². The molecule has 3 nitrogen and oxygen atoms in total. The van der Waals surface area contributed by atoms with Crippen LogP contribution in [0.25, 0.3) is 11.4 Å². The highest BCUT2D eigenvalue weighted by molar-refractivity contribution is 9.10. The summed E-state index contributed by atoms with van der Waals surface area (Å²) < 4.78 is 0.911. The fourth-order valence-electron chi connectivity index (χ4n) is 2.19. The van der Waals surface area contributed by atoms with Crippen molar-refractivity contribution in [2.24, 2.45) is 0 Å². The molecule has 19 heavy (non-hydrogen) atoms. The molecule has 0 amide bonds. The third-order valence-electron chi connectivity index (χ3n) is 3.16. The Morgan fingerprint density at radius 3 is 2.84 bits per heavy atom. The number of ketones is 1. The molecular formula is C14H10BrClN2O. The number of benzene rings is 1. The summed E-state index contributed by atoms with van der Waals surface area (Å²) in [6, 6.07) is 5.58. The zero-order valence-electron chi connectivity index (χ0n) is 9.99. The van der Waals surface area contributed by atoms with E-state index in [-0.39, 0.29) is 5.78 Å². The van der Waals surface area contributed by atoms with Crippen LogP contribution in [0.5, 0.6) is 0 Å². The van der Waals surface area contributed by atoms with Crippen molar-refractivity contribution in [2.45, 2.75) is 19.3 Å². The van der Waals surface area contributed by atoms with Gasteiger partial charge in [0, 0.05) is 22.7 Å². The highest BCUT2D eigenvalue weighted by atomic mass is 79.9. The Hall–Kier alpha value is -1.26. The van der Waals surface area contributed by atoms with Crippen molar-refractivity contribution >= 4 is 33.3 Å². The van der Waals surface area contributed by atoms with Gasteiger partial charge in [0.15, 0.2) is 11.6 Å². The lowest BCUT2D eigenvalue weighted by Crippen LogP contribution is -2.13. The molecule has 1 aliphatic rings. The standard InChI is InChI=1S/C14H10BrClN2O/c15-8-4-5-9(11(16)6-8)14-17-7-10-12(18-14)2-1-3-13(10)19/h4-7H,1-3H2. The molecule has 2 aromatic rings. The van der Waals surface area contributed by atoms with Gasteiger partial charge in [-0.1, -0.05) is 27.5 Å². The van der Waals surface area contributed by atoms with E-state index in [2.05, 4.69) is 25.9 Å². The molecule has 1 aliphatic carbocycles. The van der Waals surface area contributed by atoms with Crippen LogP contribution in [-0.2, 0) is 6.42 Å². The molecule has 0 N–H and O–H groups in total. The third-order valence-corrected chi connectivity index (χ3v) is 3.96. The van der Waals surface area contributed by atoms with Gasteiger partial charge in [-0.05, 0) is 31.0 Å². The van der Waals surface area contributed by atoms with Gasteiger partial charge >= 0.3 is 0 Å². The van der Waals surface area contributed by atoms with Crippen LogP contribution in [0.1, 0.15) is 28.9 Å². The minimum absolute atomic E-state index is 0.134. The maximum absolute atomic E-state index is 11.7. The van der Waals surface area contributed by atoms with Gasteiger partial charge in [0.05, 0.1) is 16.3 Å². The molecule has 0 radical (unpaired) electrons. The van der Waals surface area contributed by atoms with Gasteiger partial charge in [0.25, 0.3) is 0 Å². The number of nitrogens with zero attached hydrogens (tertiary/aromatic N) is 2. The number of rotatable bonds is 1. The van der Waals surface area contributed by atoms with Gasteiger partial charge < -0.3 is 0 Å². The van der Waals surface area contributed by atoms with Crippen molar-refractivity contribution in [3.63, 3.8) is 0 Å². The minimum atomic E-state index is 0.134. The predicted molar refractivity (Wildman–Crippen MR) is 77.4 cm³/mol. The highest BCUT2D eigenvalue weighted by Gasteiger charge is 2.20. The van der Waals surface area contributed by atoms with Gasteiger partial charge in [-0.3, -0.25) is 4.79 Å². The maximum atomic E-state index is 11.7. The van der Waals surface area contributed by atoms with Gasteiger partial charge in [-0.25, -0.2) is 9.97 Å². The van der Waals surface area contributed by atoms with Crippen LogP contribution in [0, 0.1) is 0 Å². The number of halogens is 2. The van der Waals surface area contributed by atoms with Crippen LogP contribution in [0.3, 0.4) is 0 Å². The first-order valence-corrected chi connectivity index (χ1v) is 7.17. The quantitative estimate of drug-likeness (QED) is 0.787. The van der Waals surface area contributed by atoms with E-state index in [0.717, 1.165) is 28.6 Å². The van der Waals surface area contributed by atoms with Crippen molar-refractivity contribution in [1.29, 1.82) is 0 Å². The van der Waals surface area contributed by atoms with Crippen LogP contribution in [-0.4, -0.2) is 15.8 Å². The second-order valence-electron chi connectivity index (χ2n) is 4.45. The molecule has 0 aliphatic heterocycles. The Kier molecular flexibility index (Phi) is 3.37. The molecule has 0 unspecified atom stereocenters. The van der Waals surface area contributed by atoms with Crippen molar-refractivity contribution in [3.8, 4) is 11.4 Å². The maximum Gasteiger partial charge on any atom is 0.166 e. The van der Waals surface area contributed by atoms with Crippen molar-refractivity contribution < 1.29 is 4.79 Å². The second-order valence-corrected chi connectivity index (χ2v) is 5.78. The van der Waals surface area contributed by atoms with Gasteiger partial charge in [-0.15, -0.1) is 0 Å². The number of aryl methyl sites for hydroxylation is 1. The smallest absolute Gasteiger partial charge is 0.166 e. The largest absolute Gasteiger partial charge is 0.294 e.